The number of rotatable bonds is 7. The first-order valence-electron chi connectivity index (χ1n) is 5.34. The summed E-state index contributed by atoms with van der Waals surface area (Å²) in [5, 5.41) is 0.0791. The van der Waals surface area contributed by atoms with Gasteiger partial charge >= 0.3 is 12.0 Å². The fourth-order valence-electron chi connectivity index (χ4n) is 1.16. The first-order chi connectivity index (χ1) is 7.76. The first kappa shape index (κ1) is 13.0. The predicted octanol–water partition coefficient (Wildman–Crippen LogP) is 2.49. The van der Waals surface area contributed by atoms with Crippen molar-refractivity contribution in [1.29, 1.82) is 0 Å². The highest BCUT2D eigenvalue weighted by molar-refractivity contribution is 6.28. The Balaban J connectivity index is 2.38. The molecule has 1 rings (SSSR count). The molecule has 0 aromatic carbocycles. The highest BCUT2D eigenvalue weighted by atomic mass is 35.5. The van der Waals surface area contributed by atoms with Gasteiger partial charge in [0.15, 0.2) is 0 Å². The molecule has 0 spiro atoms. The van der Waals surface area contributed by atoms with Gasteiger partial charge in [-0.3, -0.25) is 0 Å². The maximum atomic E-state index is 5.67. The number of ether oxygens (including phenoxy) is 2. The summed E-state index contributed by atoms with van der Waals surface area (Å²) in [6.45, 7) is 2.75. The molecule has 0 N–H and O–H groups in total. The number of methoxy groups -OCH3 is 1. The first-order valence-corrected chi connectivity index (χ1v) is 5.72. The molecule has 0 saturated carbocycles. The highest BCUT2D eigenvalue weighted by Crippen LogP contribution is 2.12. The molecule has 0 atom stereocenters. The fourth-order valence-corrected chi connectivity index (χ4v) is 1.31. The standard InChI is InChI=1S/C10H16ClN3O2/c1-3-4-5-6-7-16-10-13-8(11)12-9(14-10)15-2/h3-7H2,1-2H3. The number of nitrogens with zero attached hydrogens (tertiary/aromatic N) is 3. The number of halogens is 1. The molecule has 0 saturated heterocycles. The summed E-state index contributed by atoms with van der Waals surface area (Å²) in [4.78, 5) is 11.5. The van der Waals surface area contributed by atoms with Crippen molar-refractivity contribution in [2.45, 2.75) is 32.6 Å². The van der Waals surface area contributed by atoms with Crippen LogP contribution in [0.2, 0.25) is 5.28 Å². The molecule has 0 amide bonds. The van der Waals surface area contributed by atoms with E-state index in [4.69, 9.17) is 21.1 Å². The van der Waals surface area contributed by atoms with Crippen molar-refractivity contribution in [3.63, 3.8) is 0 Å². The summed E-state index contributed by atoms with van der Waals surface area (Å²) in [7, 11) is 1.47. The van der Waals surface area contributed by atoms with E-state index in [9.17, 15) is 0 Å². The third-order valence-electron chi connectivity index (χ3n) is 1.98. The van der Waals surface area contributed by atoms with Crippen molar-refractivity contribution in [1.82, 2.24) is 15.0 Å². The molecule has 0 aliphatic heterocycles. The topological polar surface area (TPSA) is 57.1 Å². The minimum Gasteiger partial charge on any atom is -0.467 e. The second-order valence-electron chi connectivity index (χ2n) is 3.28. The van der Waals surface area contributed by atoms with Crippen LogP contribution >= 0.6 is 11.6 Å². The van der Waals surface area contributed by atoms with E-state index in [1.165, 1.54) is 20.0 Å². The smallest absolute Gasteiger partial charge is 0.323 e. The Kier molecular flexibility index (Phi) is 5.85. The molecule has 1 heterocycles. The highest BCUT2D eigenvalue weighted by Gasteiger charge is 2.05. The van der Waals surface area contributed by atoms with E-state index >= 15 is 0 Å². The van der Waals surface area contributed by atoms with E-state index < -0.39 is 0 Å². The molecule has 1 aromatic rings. The van der Waals surface area contributed by atoms with Crippen LogP contribution in [0.25, 0.3) is 0 Å². The van der Waals surface area contributed by atoms with Crippen molar-refractivity contribution in [2.75, 3.05) is 13.7 Å². The number of hydrogen-bond acceptors (Lipinski definition) is 5. The minimum absolute atomic E-state index is 0.0791. The Morgan fingerprint density at radius 2 is 1.81 bits per heavy atom. The van der Waals surface area contributed by atoms with Gasteiger partial charge in [-0.15, -0.1) is 4.98 Å². The summed E-state index contributed by atoms with van der Waals surface area (Å²) in [5.41, 5.74) is 0. The minimum atomic E-state index is 0.0791. The largest absolute Gasteiger partial charge is 0.467 e. The predicted molar refractivity (Wildman–Crippen MR) is 61.0 cm³/mol. The zero-order valence-electron chi connectivity index (χ0n) is 9.57. The number of unbranched alkanes of at least 4 members (excludes halogenated alkanes) is 3. The number of hydrogen-bond donors (Lipinski definition) is 0. The molecule has 0 unspecified atom stereocenters. The van der Waals surface area contributed by atoms with Gasteiger partial charge < -0.3 is 9.47 Å². The molecule has 0 radical (unpaired) electrons. The van der Waals surface area contributed by atoms with E-state index in [1.54, 1.807) is 0 Å². The monoisotopic (exact) mass is 245 g/mol. The molecule has 0 aliphatic rings. The zero-order valence-corrected chi connectivity index (χ0v) is 10.3. The van der Waals surface area contributed by atoms with Crippen molar-refractivity contribution >= 4 is 11.6 Å². The Morgan fingerprint density at radius 1 is 1.06 bits per heavy atom. The van der Waals surface area contributed by atoms with E-state index in [-0.39, 0.29) is 17.3 Å². The summed E-state index contributed by atoms with van der Waals surface area (Å²) >= 11 is 5.67. The zero-order chi connectivity index (χ0) is 11.8. The molecular weight excluding hydrogens is 230 g/mol. The van der Waals surface area contributed by atoms with Gasteiger partial charge in [-0.05, 0) is 18.0 Å². The van der Waals surface area contributed by atoms with Crippen LogP contribution in [0.15, 0.2) is 0 Å². The summed E-state index contributed by atoms with van der Waals surface area (Å²) < 4.78 is 10.2. The molecule has 5 nitrogen and oxygen atoms in total. The Labute approximate surface area is 100 Å². The van der Waals surface area contributed by atoms with Gasteiger partial charge in [-0.25, -0.2) is 0 Å². The average Bonchev–Trinajstić information content (AvgIpc) is 2.28. The molecule has 90 valence electrons. The second-order valence-corrected chi connectivity index (χ2v) is 3.62. The third-order valence-corrected chi connectivity index (χ3v) is 2.15. The molecule has 0 aliphatic carbocycles. The van der Waals surface area contributed by atoms with Gasteiger partial charge in [0, 0.05) is 0 Å². The average molecular weight is 246 g/mol. The van der Waals surface area contributed by atoms with Crippen molar-refractivity contribution in [3.8, 4) is 12.0 Å². The van der Waals surface area contributed by atoms with E-state index in [1.807, 2.05) is 0 Å². The van der Waals surface area contributed by atoms with Crippen molar-refractivity contribution < 1.29 is 9.47 Å². The van der Waals surface area contributed by atoms with E-state index in [2.05, 4.69) is 21.9 Å². The van der Waals surface area contributed by atoms with Crippen LogP contribution in [-0.4, -0.2) is 28.7 Å². The van der Waals surface area contributed by atoms with Crippen molar-refractivity contribution in [3.05, 3.63) is 5.28 Å². The van der Waals surface area contributed by atoms with Crippen LogP contribution in [0.3, 0.4) is 0 Å². The molecule has 1 aromatic heterocycles. The Morgan fingerprint density at radius 3 is 2.50 bits per heavy atom. The molecule has 16 heavy (non-hydrogen) atoms. The second kappa shape index (κ2) is 7.22. The lowest BCUT2D eigenvalue weighted by molar-refractivity contribution is 0.272. The van der Waals surface area contributed by atoms with Gasteiger partial charge in [0.1, 0.15) is 0 Å². The molecule has 0 bridgehead atoms. The Hall–Kier alpha value is -1.10. The molecular formula is C10H16ClN3O2. The van der Waals surface area contributed by atoms with Crippen LogP contribution in [0, 0.1) is 0 Å². The quantitative estimate of drug-likeness (QED) is 0.691. The molecule has 0 fully saturated rings. The van der Waals surface area contributed by atoms with Crippen LogP contribution < -0.4 is 9.47 Å². The summed E-state index contributed by atoms with van der Waals surface area (Å²) in [6.07, 6.45) is 4.54. The van der Waals surface area contributed by atoms with E-state index in [0.29, 0.717) is 6.61 Å². The third kappa shape index (κ3) is 4.61. The van der Waals surface area contributed by atoms with Crippen LogP contribution in [0.4, 0.5) is 0 Å². The lowest BCUT2D eigenvalue weighted by Gasteiger charge is -2.05. The molecule has 6 heteroatoms. The van der Waals surface area contributed by atoms with Gasteiger partial charge in [0.2, 0.25) is 5.28 Å². The normalized spacial score (nSPS) is 10.2. The van der Waals surface area contributed by atoms with E-state index in [0.717, 1.165) is 12.8 Å². The number of aromatic nitrogens is 3. The van der Waals surface area contributed by atoms with Crippen molar-refractivity contribution in [2.24, 2.45) is 0 Å². The van der Waals surface area contributed by atoms with Gasteiger partial charge in [0.05, 0.1) is 13.7 Å². The van der Waals surface area contributed by atoms with Crippen LogP contribution in [-0.2, 0) is 0 Å². The lowest BCUT2D eigenvalue weighted by atomic mass is 10.2. The lowest BCUT2D eigenvalue weighted by Crippen LogP contribution is -2.04. The summed E-state index contributed by atoms with van der Waals surface area (Å²) in [5.74, 6) is 0. The van der Waals surface area contributed by atoms with Gasteiger partial charge in [-0.2, -0.15) is 9.97 Å². The fraction of sp³-hybridized carbons (Fsp3) is 0.700. The van der Waals surface area contributed by atoms with Crippen LogP contribution in [0.1, 0.15) is 32.6 Å². The SMILES string of the molecule is CCCCCCOc1nc(Cl)nc(OC)n1. The van der Waals surface area contributed by atoms with Gasteiger partial charge in [0.25, 0.3) is 0 Å². The van der Waals surface area contributed by atoms with Gasteiger partial charge in [-0.1, -0.05) is 26.2 Å². The maximum absolute atomic E-state index is 5.67. The van der Waals surface area contributed by atoms with Crippen LogP contribution in [0.5, 0.6) is 12.0 Å². The Bertz CT molecular complexity index is 323. The summed E-state index contributed by atoms with van der Waals surface area (Å²) in [6, 6.07) is 0.386. The maximum Gasteiger partial charge on any atom is 0.323 e.